The molecular formula is C24H26N4O3S. The maximum Gasteiger partial charge on any atom is 0.262 e. The molecule has 7 nitrogen and oxygen atoms in total. The minimum atomic E-state index is -0.186. The fourth-order valence-corrected chi connectivity index (χ4v) is 4.24. The number of nitriles is 1. The van der Waals surface area contributed by atoms with E-state index in [4.69, 9.17) is 5.26 Å². The van der Waals surface area contributed by atoms with Crippen LogP contribution in [-0.4, -0.2) is 39.5 Å². The maximum atomic E-state index is 13.1. The lowest BCUT2D eigenvalue weighted by molar-refractivity contribution is -0.116. The Kier molecular flexibility index (Phi) is 8.03. The van der Waals surface area contributed by atoms with Gasteiger partial charge in [-0.25, -0.2) is 4.98 Å². The van der Waals surface area contributed by atoms with Crippen molar-refractivity contribution >= 4 is 34.3 Å². The van der Waals surface area contributed by atoms with Crippen molar-refractivity contribution in [3.8, 4) is 6.07 Å². The summed E-state index contributed by atoms with van der Waals surface area (Å²) in [5.74, 6) is -0.0907. The molecule has 1 aromatic heterocycles. The zero-order chi connectivity index (χ0) is 23.1. The third-order valence-corrected chi connectivity index (χ3v) is 6.20. The Hall–Kier alpha value is -3.15. The van der Waals surface area contributed by atoms with Crippen molar-refractivity contribution in [3.63, 3.8) is 0 Å². The first-order chi connectivity index (χ1) is 15.5. The number of amides is 1. The van der Waals surface area contributed by atoms with Gasteiger partial charge >= 0.3 is 0 Å². The molecule has 0 aliphatic rings. The Morgan fingerprint density at radius 2 is 2.00 bits per heavy atom. The Morgan fingerprint density at radius 3 is 2.72 bits per heavy atom. The second-order valence-electron chi connectivity index (χ2n) is 7.46. The third kappa shape index (κ3) is 5.36. The number of thioether (sulfide) groups is 1. The van der Waals surface area contributed by atoms with Crippen LogP contribution in [0.3, 0.4) is 0 Å². The molecule has 1 heterocycles. The summed E-state index contributed by atoms with van der Waals surface area (Å²) in [6.45, 7) is 4.56. The number of anilines is 1. The largest absolute Gasteiger partial charge is 0.396 e. The average molecular weight is 451 g/mol. The summed E-state index contributed by atoms with van der Waals surface area (Å²) in [5.41, 5.74) is 3.33. The van der Waals surface area contributed by atoms with Crippen molar-refractivity contribution in [1.82, 2.24) is 9.55 Å². The molecule has 0 spiro atoms. The molecule has 0 aliphatic carbocycles. The summed E-state index contributed by atoms with van der Waals surface area (Å²) in [5, 5.41) is 19.2. The highest BCUT2D eigenvalue weighted by Gasteiger charge is 2.19. The van der Waals surface area contributed by atoms with E-state index in [1.165, 1.54) is 16.3 Å². The molecule has 0 radical (unpaired) electrons. The molecule has 0 unspecified atom stereocenters. The van der Waals surface area contributed by atoms with Crippen LogP contribution in [0.5, 0.6) is 0 Å². The first-order valence-electron chi connectivity index (χ1n) is 10.4. The van der Waals surface area contributed by atoms with Gasteiger partial charge in [-0.1, -0.05) is 30.0 Å². The molecule has 1 N–H and O–H groups in total. The number of nitrogens with zero attached hydrogens (tertiary/aromatic N) is 4. The standard InChI is InChI=1S/C24H26N4O3S/c1-17-9-10-19(15-18(17)2)27(12-5-11-25)22(30)16-32-24-26-21-8-4-3-7-20(21)23(31)28(24)13-6-14-29/h3-4,7-10,15,29H,5-6,12-14,16H2,1-2H3. The van der Waals surface area contributed by atoms with Crippen LogP contribution in [0.4, 0.5) is 5.69 Å². The number of aliphatic hydroxyl groups excluding tert-OH is 1. The quantitative estimate of drug-likeness (QED) is 0.396. The molecule has 2 aromatic carbocycles. The summed E-state index contributed by atoms with van der Waals surface area (Å²) in [7, 11) is 0. The monoisotopic (exact) mass is 450 g/mol. The molecule has 0 aliphatic heterocycles. The number of aliphatic hydroxyl groups is 1. The van der Waals surface area contributed by atoms with Gasteiger partial charge in [-0.3, -0.25) is 14.2 Å². The summed E-state index contributed by atoms with van der Waals surface area (Å²) in [6, 6.07) is 15.0. The predicted molar refractivity (Wildman–Crippen MR) is 127 cm³/mol. The molecule has 3 aromatic rings. The van der Waals surface area contributed by atoms with Crippen LogP contribution in [0, 0.1) is 25.2 Å². The van der Waals surface area contributed by atoms with Crippen LogP contribution in [0.2, 0.25) is 0 Å². The first-order valence-corrected chi connectivity index (χ1v) is 11.4. The zero-order valence-electron chi connectivity index (χ0n) is 18.2. The van der Waals surface area contributed by atoms with Crippen LogP contribution in [0.15, 0.2) is 52.4 Å². The van der Waals surface area contributed by atoms with Crippen molar-refractivity contribution in [2.24, 2.45) is 0 Å². The number of para-hydroxylation sites is 1. The van der Waals surface area contributed by atoms with Gasteiger partial charge in [0.1, 0.15) is 0 Å². The molecule has 0 saturated heterocycles. The molecule has 166 valence electrons. The van der Waals surface area contributed by atoms with Gasteiger partial charge in [0.25, 0.3) is 5.56 Å². The number of aromatic nitrogens is 2. The SMILES string of the molecule is Cc1ccc(N(CCC#N)C(=O)CSc2nc3ccccc3c(=O)n2CCCO)cc1C. The third-order valence-electron chi connectivity index (χ3n) is 5.24. The van der Waals surface area contributed by atoms with Crippen LogP contribution in [-0.2, 0) is 11.3 Å². The second kappa shape index (κ2) is 10.9. The molecule has 0 fully saturated rings. The number of rotatable bonds is 9. The molecular weight excluding hydrogens is 424 g/mol. The number of fused-ring (bicyclic) bond motifs is 1. The van der Waals surface area contributed by atoms with E-state index in [9.17, 15) is 14.7 Å². The summed E-state index contributed by atoms with van der Waals surface area (Å²) >= 11 is 1.19. The Balaban J connectivity index is 1.88. The highest BCUT2D eigenvalue weighted by Crippen LogP contribution is 2.23. The number of carbonyl (C=O) groups excluding carboxylic acids is 1. The Labute approximate surface area is 191 Å². The first kappa shape index (κ1) is 23.5. The van der Waals surface area contributed by atoms with E-state index < -0.39 is 0 Å². The lowest BCUT2D eigenvalue weighted by Gasteiger charge is -2.23. The van der Waals surface area contributed by atoms with Gasteiger partial charge < -0.3 is 10.0 Å². The highest BCUT2D eigenvalue weighted by atomic mass is 32.2. The zero-order valence-corrected chi connectivity index (χ0v) is 19.1. The van der Waals surface area contributed by atoms with Gasteiger partial charge in [0.2, 0.25) is 5.91 Å². The number of hydrogen-bond donors (Lipinski definition) is 1. The number of hydrogen-bond acceptors (Lipinski definition) is 6. The average Bonchev–Trinajstić information content (AvgIpc) is 2.79. The fraction of sp³-hybridized carbons (Fsp3) is 0.333. The maximum absolute atomic E-state index is 13.1. The molecule has 8 heteroatoms. The summed E-state index contributed by atoms with van der Waals surface area (Å²) < 4.78 is 1.52. The number of benzene rings is 2. The van der Waals surface area contributed by atoms with Crippen LogP contribution < -0.4 is 10.5 Å². The minimum absolute atomic E-state index is 0.0446. The van der Waals surface area contributed by atoms with Gasteiger partial charge in [-0.15, -0.1) is 0 Å². The Bertz CT molecular complexity index is 1220. The molecule has 3 rings (SSSR count). The second-order valence-corrected chi connectivity index (χ2v) is 8.40. The molecule has 32 heavy (non-hydrogen) atoms. The number of aryl methyl sites for hydroxylation is 2. The number of carbonyl (C=O) groups is 1. The van der Waals surface area contributed by atoms with Crippen LogP contribution in [0.1, 0.15) is 24.0 Å². The molecule has 0 bridgehead atoms. The van der Waals surface area contributed by atoms with Gasteiger partial charge in [-0.05, 0) is 55.7 Å². The van der Waals surface area contributed by atoms with E-state index in [1.807, 2.05) is 38.1 Å². The molecule has 0 saturated carbocycles. The smallest absolute Gasteiger partial charge is 0.262 e. The van der Waals surface area contributed by atoms with E-state index in [0.717, 1.165) is 16.8 Å². The predicted octanol–water partition coefficient (Wildman–Crippen LogP) is 3.43. The molecule has 1 amide bonds. The van der Waals surface area contributed by atoms with Gasteiger partial charge in [0, 0.05) is 25.4 Å². The van der Waals surface area contributed by atoms with Crippen molar-refractivity contribution in [1.29, 1.82) is 5.26 Å². The van der Waals surface area contributed by atoms with Gasteiger partial charge in [0.15, 0.2) is 5.16 Å². The van der Waals surface area contributed by atoms with Crippen LogP contribution in [0.25, 0.3) is 10.9 Å². The minimum Gasteiger partial charge on any atom is -0.396 e. The van der Waals surface area contributed by atoms with E-state index in [1.54, 1.807) is 23.1 Å². The highest BCUT2D eigenvalue weighted by molar-refractivity contribution is 7.99. The van der Waals surface area contributed by atoms with Crippen LogP contribution >= 0.6 is 11.8 Å². The van der Waals surface area contributed by atoms with Gasteiger partial charge in [0.05, 0.1) is 29.1 Å². The van der Waals surface area contributed by atoms with Crippen molar-refractivity contribution < 1.29 is 9.90 Å². The summed E-state index contributed by atoms with van der Waals surface area (Å²) in [4.78, 5) is 32.3. The Morgan fingerprint density at radius 1 is 1.22 bits per heavy atom. The topological polar surface area (TPSA) is 99.2 Å². The van der Waals surface area contributed by atoms with E-state index in [-0.39, 0.29) is 30.2 Å². The fourth-order valence-electron chi connectivity index (χ4n) is 3.34. The lowest BCUT2D eigenvalue weighted by Crippen LogP contribution is -2.33. The van der Waals surface area contributed by atoms with Crippen molar-refractivity contribution in [3.05, 3.63) is 63.9 Å². The van der Waals surface area contributed by atoms with Crippen molar-refractivity contribution in [2.45, 2.75) is 38.4 Å². The molecule has 0 atom stereocenters. The van der Waals surface area contributed by atoms with Crippen molar-refractivity contribution in [2.75, 3.05) is 23.8 Å². The van der Waals surface area contributed by atoms with Gasteiger partial charge in [-0.2, -0.15) is 5.26 Å². The van der Waals surface area contributed by atoms with E-state index in [2.05, 4.69) is 11.1 Å². The van der Waals surface area contributed by atoms with E-state index >= 15 is 0 Å². The summed E-state index contributed by atoms with van der Waals surface area (Å²) in [6.07, 6.45) is 0.636. The normalized spacial score (nSPS) is 10.8. The van der Waals surface area contributed by atoms with E-state index in [0.29, 0.717) is 35.6 Å². The lowest BCUT2D eigenvalue weighted by atomic mass is 10.1.